The van der Waals surface area contributed by atoms with Crippen molar-refractivity contribution in [3.63, 3.8) is 0 Å². The summed E-state index contributed by atoms with van der Waals surface area (Å²) in [6, 6.07) is 11.5. The van der Waals surface area contributed by atoms with E-state index in [9.17, 15) is 19.7 Å². The van der Waals surface area contributed by atoms with Gasteiger partial charge in [0.15, 0.2) is 5.16 Å². The van der Waals surface area contributed by atoms with Gasteiger partial charge in [-0.05, 0) is 43.2 Å². The Balaban J connectivity index is 1.62. The normalized spacial score (nSPS) is 12.4. The molecule has 0 spiro atoms. The van der Waals surface area contributed by atoms with E-state index < -0.39 is 4.92 Å². The van der Waals surface area contributed by atoms with E-state index in [1.807, 2.05) is 32.0 Å². The van der Waals surface area contributed by atoms with Crippen LogP contribution in [0, 0.1) is 24.0 Å². The number of carbonyl (C=O) groups is 1. The number of nitrogens with one attached hydrogen (secondary N) is 1. The van der Waals surface area contributed by atoms with Crippen molar-refractivity contribution in [3.8, 4) is 5.69 Å². The monoisotopic (exact) mass is 468 g/mol. The molecule has 164 valence electrons. The summed E-state index contributed by atoms with van der Waals surface area (Å²) in [6.07, 6.45) is 0.693. The number of hydrogen-bond donors (Lipinski definition) is 1. The van der Waals surface area contributed by atoms with Gasteiger partial charge in [0, 0.05) is 30.0 Å². The molecule has 0 saturated heterocycles. The lowest BCUT2D eigenvalue weighted by atomic mass is 10.1. The molecule has 4 rings (SSSR count). The molecule has 0 saturated carbocycles. The second kappa shape index (κ2) is 9.17. The first-order valence-corrected chi connectivity index (χ1v) is 11.8. The lowest BCUT2D eigenvalue weighted by Gasteiger charge is -2.14. The fraction of sp³-hybridized carbons (Fsp3) is 0.227. The van der Waals surface area contributed by atoms with Crippen LogP contribution in [-0.2, 0) is 11.2 Å². The third-order valence-corrected chi connectivity index (χ3v) is 7.24. The van der Waals surface area contributed by atoms with Crippen molar-refractivity contribution in [2.75, 3.05) is 16.8 Å². The number of benzene rings is 2. The Morgan fingerprint density at radius 2 is 2.00 bits per heavy atom. The maximum absolute atomic E-state index is 13.2. The number of carbonyl (C=O) groups excluding carboxylic acids is 1. The average Bonchev–Trinajstić information content (AvgIpc) is 3.25. The van der Waals surface area contributed by atoms with Crippen LogP contribution < -0.4 is 10.9 Å². The van der Waals surface area contributed by atoms with Crippen molar-refractivity contribution in [1.82, 2.24) is 9.55 Å². The SMILES string of the molecule is Cc1cccc(NC(=O)CSc2nc3c(c(=O)n2-c2ccc([N+](=O)[O-])cc2)SCC3)c1C. The Hall–Kier alpha value is -3.11. The molecule has 8 nitrogen and oxygen atoms in total. The molecule has 1 N–H and O–H groups in total. The molecule has 0 radical (unpaired) electrons. The summed E-state index contributed by atoms with van der Waals surface area (Å²) in [5.41, 5.74) is 3.76. The predicted octanol–water partition coefficient (Wildman–Crippen LogP) is 4.14. The van der Waals surface area contributed by atoms with Crippen molar-refractivity contribution < 1.29 is 9.72 Å². The molecular formula is C22H20N4O4S2. The molecule has 1 aliphatic rings. The highest BCUT2D eigenvalue weighted by molar-refractivity contribution is 8.00. The first-order chi connectivity index (χ1) is 15.3. The molecule has 0 fully saturated rings. The number of amides is 1. The molecular weight excluding hydrogens is 448 g/mol. The standard InChI is InChI=1S/C22H20N4O4S2/c1-13-4-3-5-17(14(13)2)23-19(27)12-32-22-24-18-10-11-31-20(18)21(28)25(22)15-6-8-16(9-7-15)26(29)30/h3-9H,10-12H2,1-2H3,(H,23,27). The highest BCUT2D eigenvalue weighted by Crippen LogP contribution is 2.30. The second-order valence-corrected chi connectivity index (χ2v) is 9.31. The van der Waals surface area contributed by atoms with Gasteiger partial charge in [-0.15, -0.1) is 11.8 Å². The van der Waals surface area contributed by atoms with E-state index in [-0.39, 0.29) is 22.9 Å². The number of nitrogens with zero attached hydrogens (tertiary/aromatic N) is 3. The zero-order valence-electron chi connectivity index (χ0n) is 17.5. The van der Waals surface area contributed by atoms with E-state index in [4.69, 9.17) is 0 Å². The Morgan fingerprint density at radius 1 is 1.25 bits per heavy atom. The number of nitro groups is 1. The number of fused-ring (bicyclic) bond motifs is 1. The average molecular weight is 469 g/mol. The van der Waals surface area contributed by atoms with Crippen molar-refractivity contribution >= 4 is 40.8 Å². The molecule has 2 aromatic carbocycles. The minimum Gasteiger partial charge on any atom is -0.325 e. The maximum atomic E-state index is 13.2. The van der Waals surface area contributed by atoms with Gasteiger partial charge in [0.25, 0.3) is 11.2 Å². The zero-order chi connectivity index (χ0) is 22.8. The van der Waals surface area contributed by atoms with E-state index in [1.54, 1.807) is 0 Å². The fourth-order valence-corrected chi connectivity index (χ4v) is 5.20. The predicted molar refractivity (Wildman–Crippen MR) is 126 cm³/mol. The largest absolute Gasteiger partial charge is 0.325 e. The second-order valence-electron chi connectivity index (χ2n) is 7.27. The lowest BCUT2D eigenvalue weighted by molar-refractivity contribution is -0.384. The third-order valence-electron chi connectivity index (χ3n) is 5.20. The van der Waals surface area contributed by atoms with Crippen LogP contribution in [-0.4, -0.2) is 31.9 Å². The Kier molecular flexibility index (Phi) is 6.33. The molecule has 0 atom stereocenters. The highest BCUT2D eigenvalue weighted by atomic mass is 32.2. The van der Waals surface area contributed by atoms with Gasteiger partial charge in [-0.1, -0.05) is 23.9 Å². The van der Waals surface area contributed by atoms with Gasteiger partial charge >= 0.3 is 0 Å². The number of rotatable bonds is 6. The highest BCUT2D eigenvalue weighted by Gasteiger charge is 2.23. The number of aryl methyl sites for hydroxylation is 2. The van der Waals surface area contributed by atoms with Gasteiger partial charge < -0.3 is 5.32 Å². The minimum absolute atomic E-state index is 0.0626. The van der Waals surface area contributed by atoms with Crippen LogP contribution in [0.25, 0.3) is 5.69 Å². The minimum atomic E-state index is -0.489. The molecule has 10 heteroatoms. The molecule has 32 heavy (non-hydrogen) atoms. The van der Waals surface area contributed by atoms with Crippen LogP contribution in [0.15, 0.2) is 57.3 Å². The van der Waals surface area contributed by atoms with Gasteiger partial charge in [-0.3, -0.25) is 24.3 Å². The Bertz CT molecular complexity index is 1270. The summed E-state index contributed by atoms with van der Waals surface area (Å²) >= 11 is 2.62. The molecule has 1 aliphatic heterocycles. The van der Waals surface area contributed by atoms with Crippen molar-refractivity contribution in [2.24, 2.45) is 0 Å². The van der Waals surface area contributed by atoms with E-state index in [2.05, 4.69) is 10.3 Å². The van der Waals surface area contributed by atoms with Crippen LogP contribution in [0.4, 0.5) is 11.4 Å². The first-order valence-electron chi connectivity index (χ1n) is 9.87. The summed E-state index contributed by atoms with van der Waals surface area (Å²) in [5, 5.41) is 14.3. The quantitative estimate of drug-likeness (QED) is 0.251. The van der Waals surface area contributed by atoms with Crippen LogP contribution in [0.5, 0.6) is 0 Å². The molecule has 1 amide bonds. The zero-order valence-corrected chi connectivity index (χ0v) is 19.1. The van der Waals surface area contributed by atoms with Gasteiger partial charge in [0.05, 0.1) is 27.0 Å². The van der Waals surface area contributed by atoms with Gasteiger partial charge in [-0.25, -0.2) is 4.98 Å². The number of nitro benzene ring substituents is 1. The number of thioether (sulfide) groups is 2. The topological polar surface area (TPSA) is 107 Å². The molecule has 0 bridgehead atoms. The van der Waals surface area contributed by atoms with Gasteiger partial charge in [-0.2, -0.15) is 0 Å². The maximum Gasteiger partial charge on any atom is 0.272 e. The molecule has 3 aromatic rings. The summed E-state index contributed by atoms with van der Waals surface area (Å²) in [6.45, 7) is 3.93. The Morgan fingerprint density at radius 3 is 2.72 bits per heavy atom. The van der Waals surface area contributed by atoms with E-state index in [1.165, 1.54) is 52.4 Å². The molecule has 0 unspecified atom stereocenters. The van der Waals surface area contributed by atoms with Crippen molar-refractivity contribution in [2.45, 2.75) is 30.3 Å². The van der Waals surface area contributed by atoms with Gasteiger partial charge in [0.1, 0.15) is 0 Å². The lowest BCUT2D eigenvalue weighted by Crippen LogP contribution is -2.24. The van der Waals surface area contributed by atoms with Crippen LogP contribution >= 0.6 is 23.5 Å². The number of hydrogen-bond acceptors (Lipinski definition) is 7. The Labute approximate surface area is 192 Å². The molecule has 0 aliphatic carbocycles. The number of non-ortho nitro benzene ring substituents is 1. The van der Waals surface area contributed by atoms with Crippen molar-refractivity contribution in [1.29, 1.82) is 0 Å². The fourth-order valence-electron chi connectivity index (χ4n) is 3.34. The summed E-state index contributed by atoms with van der Waals surface area (Å²) < 4.78 is 1.43. The summed E-state index contributed by atoms with van der Waals surface area (Å²) in [7, 11) is 0. The smallest absolute Gasteiger partial charge is 0.272 e. The van der Waals surface area contributed by atoms with Crippen LogP contribution in [0.1, 0.15) is 16.8 Å². The number of anilines is 1. The summed E-state index contributed by atoms with van der Waals surface area (Å²) in [5.74, 6) is 0.640. The van der Waals surface area contributed by atoms with Crippen LogP contribution in [0.3, 0.4) is 0 Å². The third kappa shape index (κ3) is 4.42. The van der Waals surface area contributed by atoms with E-state index in [0.717, 1.165) is 28.3 Å². The molecule has 2 heterocycles. The van der Waals surface area contributed by atoms with E-state index >= 15 is 0 Å². The number of aromatic nitrogens is 2. The summed E-state index contributed by atoms with van der Waals surface area (Å²) in [4.78, 5) is 41.5. The van der Waals surface area contributed by atoms with Crippen LogP contribution in [0.2, 0.25) is 0 Å². The molecule has 1 aromatic heterocycles. The first kappa shape index (κ1) is 22.1. The van der Waals surface area contributed by atoms with E-state index in [0.29, 0.717) is 22.2 Å². The van der Waals surface area contributed by atoms with Gasteiger partial charge in [0.2, 0.25) is 5.91 Å². The van der Waals surface area contributed by atoms with Crippen molar-refractivity contribution in [3.05, 3.63) is 79.8 Å².